The summed E-state index contributed by atoms with van der Waals surface area (Å²) in [6, 6.07) is 5.51. The van der Waals surface area contributed by atoms with E-state index in [4.69, 9.17) is 10.5 Å². The molecule has 1 aromatic carbocycles. The molecule has 0 saturated carbocycles. The number of alkyl halides is 1. The molecule has 6 heteroatoms. The Morgan fingerprint density at radius 1 is 1.40 bits per heavy atom. The lowest BCUT2D eigenvalue weighted by molar-refractivity contribution is -0.114. The summed E-state index contributed by atoms with van der Waals surface area (Å²) >= 11 is 3.39. The second-order valence-electron chi connectivity index (χ2n) is 4.28. The second kappa shape index (κ2) is 5.66. The first-order valence-corrected chi connectivity index (χ1v) is 7.29. The fraction of sp³-hybridized carbons (Fsp3) is 0.286. The van der Waals surface area contributed by atoms with Crippen molar-refractivity contribution in [3.63, 3.8) is 0 Å². The van der Waals surface area contributed by atoms with Crippen LogP contribution in [-0.4, -0.2) is 22.9 Å². The van der Waals surface area contributed by atoms with Crippen LogP contribution in [0.1, 0.15) is 23.0 Å². The predicted molar refractivity (Wildman–Crippen MR) is 80.3 cm³/mol. The average Bonchev–Trinajstić information content (AvgIpc) is 2.70. The number of hydrogen-bond donors (Lipinski definition) is 1. The Bertz CT molecular complexity index is 691. The van der Waals surface area contributed by atoms with Gasteiger partial charge in [-0.15, -0.1) is 0 Å². The van der Waals surface area contributed by atoms with Crippen molar-refractivity contribution in [3.05, 3.63) is 29.5 Å². The number of nitrogens with two attached hydrogens (primary N) is 1. The maximum atomic E-state index is 12.1. The number of carbonyl (C=O) groups is 2. The lowest BCUT2D eigenvalue weighted by Crippen LogP contribution is -2.23. The fourth-order valence-electron chi connectivity index (χ4n) is 2.32. The van der Waals surface area contributed by atoms with Crippen LogP contribution >= 0.6 is 15.9 Å². The van der Waals surface area contributed by atoms with Gasteiger partial charge in [0.15, 0.2) is 0 Å². The van der Waals surface area contributed by atoms with Crippen LogP contribution in [-0.2, 0) is 10.2 Å². The molecule has 0 fully saturated rings. The summed E-state index contributed by atoms with van der Waals surface area (Å²) in [6.45, 7) is 4.12. The quantitative estimate of drug-likeness (QED) is 0.516. The number of hydrogen-bond acceptors (Lipinski definition) is 3. The van der Waals surface area contributed by atoms with E-state index in [1.807, 2.05) is 23.6 Å². The zero-order valence-corrected chi connectivity index (χ0v) is 12.9. The Hall–Kier alpha value is -1.82. The van der Waals surface area contributed by atoms with E-state index in [0.717, 1.165) is 5.52 Å². The first-order chi connectivity index (χ1) is 9.52. The number of fused-ring (bicyclic) bond motifs is 1. The molecule has 2 rings (SSSR count). The highest BCUT2D eigenvalue weighted by molar-refractivity contribution is 9.08. The molecule has 0 saturated heterocycles. The second-order valence-corrected chi connectivity index (χ2v) is 4.79. The third kappa shape index (κ3) is 2.20. The molecule has 0 radical (unpaired) electrons. The topological polar surface area (TPSA) is 74.3 Å². The van der Waals surface area contributed by atoms with Crippen LogP contribution in [0.4, 0.5) is 0 Å². The number of amides is 1. The molecule has 1 heterocycles. The third-order valence-corrected chi connectivity index (χ3v) is 3.68. The van der Waals surface area contributed by atoms with E-state index < -0.39 is 11.7 Å². The smallest absolute Gasteiger partial charge is 0.289 e. The van der Waals surface area contributed by atoms with Gasteiger partial charge in [-0.1, -0.05) is 22.0 Å². The molecule has 20 heavy (non-hydrogen) atoms. The van der Waals surface area contributed by atoms with E-state index in [1.165, 1.54) is 0 Å². The summed E-state index contributed by atoms with van der Waals surface area (Å²) in [6.07, 6.45) is 0. The maximum Gasteiger partial charge on any atom is 0.289 e. The van der Waals surface area contributed by atoms with Crippen LogP contribution in [0, 0.1) is 6.92 Å². The molecule has 0 aliphatic heterocycles. The number of benzene rings is 1. The Morgan fingerprint density at radius 3 is 2.65 bits per heavy atom. The SMILES string of the molecule is CCOc1cccc2c1c(C(=O)C(N)=O)c(C)n2CBr. The van der Waals surface area contributed by atoms with Crippen LogP contribution in [0.2, 0.25) is 0 Å². The number of Topliss-reactive ketones (excluding diaryl/α,β-unsaturated/α-hetero) is 1. The van der Waals surface area contributed by atoms with Crippen molar-refractivity contribution in [1.29, 1.82) is 0 Å². The molecule has 0 bridgehead atoms. The van der Waals surface area contributed by atoms with Gasteiger partial charge in [-0.05, 0) is 26.0 Å². The van der Waals surface area contributed by atoms with E-state index in [2.05, 4.69) is 15.9 Å². The zero-order chi connectivity index (χ0) is 14.9. The minimum absolute atomic E-state index is 0.316. The predicted octanol–water partition coefficient (Wildman–Crippen LogP) is 2.37. The number of halogens is 1. The number of primary amides is 1. The molecule has 1 aromatic heterocycles. The Balaban J connectivity index is 2.87. The van der Waals surface area contributed by atoms with Gasteiger partial charge in [0.05, 0.1) is 28.5 Å². The van der Waals surface area contributed by atoms with E-state index in [-0.39, 0.29) is 0 Å². The van der Waals surface area contributed by atoms with Crippen molar-refractivity contribution in [3.8, 4) is 5.75 Å². The summed E-state index contributed by atoms with van der Waals surface area (Å²) < 4.78 is 7.47. The molecule has 0 aliphatic carbocycles. The van der Waals surface area contributed by atoms with Crippen LogP contribution in [0.15, 0.2) is 18.2 Å². The van der Waals surface area contributed by atoms with Crippen molar-refractivity contribution >= 4 is 38.5 Å². The van der Waals surface area contributed by atoms with Gasteiger partial charge in [-0.25, -0.2) is 0 Å². The highest BCUT2D eigenvalue weighted by Gasteiger charge is 2.25. The fourth-order valence-corrected chi connectivity index (χ4v) is 2.97. The summed E-state index contributed by atoms with van der Waals surface area (Å²) in [5.41, 5.74) is 7.50. The lowest BCUT2D eigenvalue weighted by atomic mass is 10.1. The van der Waals surface area contributed by atoms with E-state index >= 15 is 0 Å². The van der Waals surface area contributed by atoms with Gasteiger partial charge in [-0.3, -0.25) is 9.59 Å². The molecule has 106 valence electrons. The molecular formula is C14H15BrN2O3. The lowest BCUT2D eigenvalue weighted by Gasteiger charge is -2.06. The van der Waals surface area contributed by atoms with Gasteiger partial charge in [-0.2, -0.15) is 0 Å². The monoisotopic (exact) mass is 338 g/mol. The minimum atomic E-state index is -0.965. The number of aromatic nitrogens is 1. The van der Waals surface area contributed by atoms with Gasteiger partial charge in [0, 0.05) is 5.69 Å². The van der Waals surface area contributed by atoms with Crippen molar-refractivity contribution in [2.75, 3.05) is 6.61 Å². The highest BCUT2D eigenvalue weighted by Crippen LogP contribution is 2.34. The maximum absolute atomic E-state index is 12.1. The van der Waals surface area contributed by atoms with Crippen molar-refractivity contribution < 1.29 is 14.3 Å². The standard InChI is InChI=1S/C14H15BrN2O3/c1-3-20-10-6-4-5-9-12(10)11(13(18)14(16)19)8(2)17(9)7-15/h4-6H,3,7H2,1-2H3,(H2,16,19). The van der Waals surface area contributed by atoms with Crippen LogP contribution < -0.4 is 10.5 Å². The van der Waals surface area contributed by atoms with Crippen molar-refractivity contribution in [1.82, 2.24) is 4.57 Å². The van der Waals surface area contributed by atoms with Gasteiger partial charge in [0.1, 0.15) is 5.75 Å². The van der Waals surface area contributed by atoms with Crippen LogP contribution in [0.3, 0.4) is 0 Å². The van der Waals surface area contributed by atoms with Crippen molar-refractivity contribution in [2.24, 2.45) is 5.73 Å². The molecule has 5 nitrogen and oxygen atoms in total. The van der Waals surface area contributed by atoms with Gasteiger partial charge in [0.25, 0.3) is 11.7 Å². The molecule has 0 aliphatic rings. The molecule has 2 aromatic rings. The summed E-state index contributed by atoms with van der Waals surface area (Å²) in [5, 5.41) is 0.634. The molecule has 2 N–H and O–H groups in total. The molecular weight excluding hydrogens is 324 g/mol. The van der Waals surface area contributed by atoms with Crippen LogP contribution in [0.5, 0.6) is 5.75 Å². The number of ether oxygens (including phenoxy) is 1. The third-order valence-electron chi connectivity index (χ3n) is 3.18. The minimum Gasteiger partial charge on any atom is -0.493 e. The Morgan fingerprint density at radius 2 is 2.10 bits per heavy atom. The Kier molecular flexibility index (Phi) is 4.13. The van der Waals surface area contributed by atoms with E-state index in [9.17, 15) is 9.59 Å². The van der Waals surface area contributed by atoms with Gasteiger partial charge in [0.2, 0.25) is 0 Å². The van der Waals surface area contributed by atoms with E-state index in [1.54, 1.807) is 13.0 Å². The summed E-state index contributed by atoms with van der Waals surface area (Å²) in [7, 11) is 0. The largest absolute Gasteiger partial charge is 0.493 e. The van der Waals surface area contributed by atoms with Gasteiger partial charge >= 0.3 is 0 Å². The van der Waals surface area contributed by atoms with Gasteiger partial charge < -0.3 is 15.0 Å². The first kappa shape index (κ1) is 14.6. The summed E-state index contributed by atoms with van der Waals surface area (Å²) in [4.78, 5) is 23.4. The highest BCUT2D eigenvalue weighted by atomic mass is 79.9. The Labute approximate surface area is 124 Å². The molecule has 0 spiro atoms. The van der Waals surface area contributed by atoms with Crippen molar-refractivity contribution in [2.45, 2.75) is 19.3 Å². The number of carbonyl (C=O) groups excluding carboxylic acids is 2. The number of rotatable bonds is 5. The molecule has 0 atom stereocenters. The molecule has 1 amide bonds. The molecule has 0 unspecified atom stereocenters. The zero-order valence-electron chi connectivity index (χ0n) is 11.3. The van der Waals surface area contributed by atoms with Crippen LogP contribution in [0.25, 0.3) is 10.9 Å². The summed E-state index contributed by atoms with van der Waals surface area (Å²) in [5.74, 6) is -1.08. The van der Waals surface area contributed by atoms with E-state index in [0.29, 0.717) is 34.5 Å². The number of ketones is 1. The normalized spacial score (nSPS) is 10.8. The number of nitrogens with zero attached hydrogens (tertiary/aromatic N) is 1. The first-order valence-electron chi connectivity index (χ1n) is 6.17. The average molecular weight is 339 g/mol.